The fraction of sp³-hybridized carbons (Fsp3) is 0.385. The second-order valence-corrected chi connectivity index (χ2v) is 4.77. The Kier molecular flexibility index (Phi) is 3.69. The Balaban J connectivity index is 2.16. The van der Waals surface area contributed by atoms with Crippen molar-refractivity contribution in [2.45, 2.75) is 13.3 Å². The average Bonchev–Trinajstić information content (AvgIpc) is 2.87. The van der Waals surface area contributed by atoms with Crippen LogP contribution in [0.2, 0.25) is 0 Å². The van der Waals surface area contributed by atoms with Crippen molar-refractivity contribution in [3.05, 3.63) is 29.1 Å². The number of aromatic carboxylic acids is 1. The molecule has 1 atom stereocenters. The minimum atomic E-state index is -1.08. The van der Waals surface area contributed by atoms with Gasteiger partial charge in [-0.1, -0.05) is 0 Å². The van der Waals surface area contributed by atoms with Crippen molar-refractivity contribution in [2.75, 3.05) is 13.1 Å². The normalized spacial score (nSPS) is 18.1. The number of nitrogens with zero attached hydrogens (tertiary/aromatic N) is 2. The summed E-state index contributed by atoms with van der Waals surface area (Å²) in [5.74, 6) is -2.12. The number of aromatic nitrogens is 1. The molecule has 0 bridgehead atoms. The summed E-state index contributed by atoms with van der Waals surface area (Å²) in [7, 11) is 0. The van der Waals surface area contributed by atoms with Crippen LogP contribution in [0.4, 0.5) is 0 Å². The first kappa shape index (κ1) is 14.0. The molecule has 1 unspecified atom stereocenters. The SMILES string of the molecule is Cc1nc(C(=O)N2CCC(C(N)=O)C2)ccc1C(=O)O. The highest BCUT2D eigenvalue weighted by Gasteiger charge is 2.30. The van der Waals surface area contributed by atoms with Crippen LogP contribution in [0.1, 0.15) is 33.0 Å². The molecule has 0 radical (unpaired) electrons. The molecule has 0 aromatic carbocycles. The highest BCUT2D eigenvalue weighted by atomic mass is 16.4. The van der Waals surface area contributed by atoms with E-state index in [4.69, 9.17) is 10.8 Å². The van der Waals surface area contributed by atoms with Crippen molar-refractivity contribution >= 4 is 17.8 Å². The zero-order valence-electron chi connectivity index (χ0n) is 11.0. The largest absolute Gasteiger partial charge is 0.478 e. The zero-order valence-corrected chi connectivity index (χ0v) is 11.0. The van der Waals surface area contributed by atoms with Crippen LogP contribution in [-0.2, 0) is 4.79 Å². The lowest BCUT2D eigenvalue weighted by molar-refractivity contribution is -0.121. The summed E-state index contributed by atoms with van der Waals surface area (Å²) >= 11 is 0. The maximum atomic E-state index is 12.2. The van der Waals surface area contributed by atoms with E-state index in [1.165, 1.54) is 24.0 Å². The van der Waals surface area contributed by atoms with Crippen LogP contribution in [0.15, 0.2) is 12.1 Å². The molecule has 1 saturated heterocycles. The molecule has 1 aromatic rings. The van der Waals surface area contributed by atoms with Gasteiger partial charge in [-0.05, 0) is 25.5 Å². The predicted octanol–water partition coefficient (Wildman–Crippen LogP) is 0.0356. The highest BCUT2D eigenvalue weighted by Crippen LogP contribution is 2.18. The Labute approximate surface area is 115 Å². The molecule has 7 heteroatoms. The monoisotopic (exact) mass is 277 g/mol. The van der Waals surface area contributed by atoms with Crippen LogP contribution in [0.3, 0.4) is 0 Å². The zero-order chi connectivity index (χ0) is 14.9. The Hall–Kier alpha value is -2.44. The molecular formula is C13H15N3O4. The van der Waals surface area contributed by atoms with Gasteiger partial charge < -0.3 is 15.7 Å². The highest BCUT2D eigenvalue weighted by molar-refractivity contribution is 5.95. The number of carboxylic acid groups (broad SMARTS) is 1. The van der Waals surface area contributed by atoms with Gasteiger partial charge in [0.2, 0.25) is 5.91 Å². The maximum Gasteiger partial charge on any atom is 0.337 e. The summed E-state index contributed by atoms with van der Waals surface area (Å²) in [4.78, 5) is 39.7. The van der Waals surface area contributed by atoms with E-state index in [0.717, 1.165) is 0 Å². The van der Waals surface area contributed by atoms with Crippen LogP contribution in [0.5, 0.6) is 0 Å². The van der Waals surface area contributed by atoms with E-state index in [0.29, 0.717) is 13.0 Å². The molecule has 3 N–H and O–H groups in total. The second-order valence-electron chi connectivity index (χ2n) is 4.77. The van der Waals surface area contributed by atoms with Gasteiger partial charge in [-0.25, -0.2) is 9.78 Å². The number of amides is 2. The third-order valence-electron chi connectivity index (χ3n) is 3.41. The Morgan fingerprint density at radius 2 is 2.10 bits per heavy atom. The first-order valence-corrected chi connectivity index (χ1v) is 6.19. The summed E-state index contributed by atoms with van der Waals surface area (Å²) in [6.45, 7) is 2.28. The third kappa shape index (κ3) is 2.61. The van der Waals surface area contributed by atoms with Crippen LogP contribution < -0.4 is 5.73 Å². The number of carboxylic acids is 1. The quantitative estimate of drug-likeness (QED) is 0.809. The molecule has 1 fully saturated rings. The molecule has 0 spiro atoms. The van der Waals surface area contributed by atoms with Crippen molar-refractivity contribution in [3.8, 4) is 0 Å². The average molecular weight is 277 g/mol. The lowest BCUT2D eigenvalue weighted by Crippen LogP contribution is -2.32. The van der Waals surface area contributed by atoms with Gasteiger partial charge in [0.25, 0.3) is 5.91 Å². The molecule has 2 amide bonds. The van der Waals surface area contributed by atoms with Gasteiger partial charge in [-0.3, -0.25) is 9.59 Å². The predicted molar refractivity (Wildman–Crippen MR) is 69.1 cm³/mol. The van der Waals surface area contributed by atoms with Gasteiger partial charge in [0.05, 0.1) is 17.2 Å². The van der Waals surface area contributed by atoms with E-state index in [2.05, 4.69) is 4.98 Å². The number of hydrogen-bond acceptors (Lipinski definition) is 4. The molecule has 0 saturated carbocycles. The number of rotatable bonds is 3. The van der Waals surface area contributed by atoms with Crippen molar-refractivity contribution in [2.24, 2.45) is 11.7 Å². The van der Waals surface area contributed by atoms with E-state index in [1.807, 2.05) is 0 Å². The first-order valence-electron chi connectivity index (χ1n) is 6.19. The minimum absolute atomic E-state index is 0.0676. The van der Waals surface area contributed by atoms with Crippen LogP contribution in [-0.4, -0.2) is 45.9 Å². The van der Waals surface area contributed by atoms with Crippen molar-refractivity contribution in [1.82, 2.24) is 9.88 Å². The van der Waals surface area contributed by atoms with E-state index >= 15 is 0 Å². The number of primary amides is 1. The Bertz CT molecular complexity index is 585. The summed E-state index contributed by atoms with van der Waals surface area (Å²) in [6.07, 6.45) is 0.549. The smallest absolute Gasteiger partial charge is 0.337 e. The van der Waals surface area contributed by atoms with Gasteiger partial charge in [0.1, 0.15) is 5.69 Å². The minimum Gasteiger partial charge on any atom is -0.478 e. The van der Waals surface area contributed by atoms with Crippen LogP contribution >= 0.6 is 0 Å². The van der Waals surface area contributed by atoms with E-state index in [1.54, 1.807) is 0 Å². The molecule has 2 heterocycles. The third-order valence-corrected chi connectivity index (χ3v) is 3.41. The van der Waals surface area contributed by atoms with E-state index in [-0.39, 0.29) is 35.3 Å². The fourth-order valence-corrected chi connectivity index (χ4v) is 2.25. The number of nitrogens with two attached hydrogens (primary N) is 1. The molecular weight excluding hydrogens is 262 g/mol. The molecule has 106 valence electrons. The standard InChI is InChI=1S/C13H15N3O4/c1-7-9(13(19)20)2-3-10(15-7)12(18)16-5-4-8(6-16)11(14)17/h2-3,8H,4-6H2,1H3,(H2,14,17)(H,19,20). The number of hydrogen-bond donors (Lipinski definition) is 2. The molecule has 20 heavy (non-hydrogen) atoms. The second kappa shape index (κ2) is 5.28. The summed E-state index contributed by atoms with van der Waals surface area (Å²) in [5, 5.41) is 8.92. The van der Waals surface area contributed by atoms with Crippen molar-refractivity contribution in [3.63, 3.8) is 0 Å². The molecule has 1 aliphatic rings. The fourth-order valence-electron chi connectivity index (χ4n) is 2.25. The van der Waals surface area contributed by atoms with Crippen molar-refractivity contribution < 1.29 is 19.5 Å². The molecule has 2 rings (SSSR count). The molecule has 0 aliphatic carbocycles. The number of aryl methyl sites for hydroxylation is 1. The maximum absolute atomic E-state index is 12.2. The van der Waals surface area contributed by atoms with E-state index < -0.39 is 11.9 Å². The molecule has 7 nitrogen and oxygen atoms in total. The molecule has 1 aromatic heterocycles. The summed E-state index contributed by atoms with van der Waals surface area (Å²) in [5.41, 5.74) is 5.75. The number of pyridine rings is 1. The van der Waals surface area contributed by atoms with Gasteiger partial charge in [-0.15, -0.1) is 0 Å². The summed E-state index contributed by atoms with van der Waals surface area (Å²) < 4.78 is 0. The van der Waals surface area contributed by atoms with Crippen molar-refractivity contribution in [1.29, 1.82) is 0 Å². The lowest BCUT2D eigenvalue weighted by Gasteiger charge is -2.15. The van der Waals surface area contributed by atoms with Gasteiger partial charge in [-0.2, -0.15) is 0 Å². The number of carbonyl (C=O) groups excluding carboxylic acids is 2. The van der Waals surface area contributed by atoms with Gasteiger partial charge in [0.15, 0.2) is 0 Å². The van der Waals surface area contributed by atoms with E-state index in [9.17, 15) is 14.4 Å². The number of carbonyl (C=O) groups is 3. The van der Waals surface area contributed by atoms with Gasteiger partial charge in [0, 0.05) is 13.1 Å². The first-order chi connectivity index (χ1) is 9.40. The molecule has 1 aliphatic heterocycles. The Morgan fingerprint density at radius 3 is 2.60 bits per heavy atom. The topological polar surface area (TPSA) is 114 Å². The summed E-state index contributed by atoms with van der Waals surface area (Å²) in [6, 6.07) is 2.75. The lowest BCUT2D eigenvalue weighted by atomic mass is 10.1. The Morgan fingerprint density at radius 1 is 1.40 bits per heavy atom. The number of likely N-dealkylation sites (tertiary alicyclic amines) is 1. The van der Waals surface area contributed by atoms with Gasteiger partial charge >= 0.3 is 5.97 Å². The van der Waals surface area contributed by atoms with Crippen LogP contribution in [0, 0.1) is 12.8 Å². The van der Waals surface area contributed by atoms with Crippen LogP contribution in [0.25, 0.3) is 0 Å².